The van der Waals surface area contributed by atoms with Crippen molar-refractivity contribution in [3.05, 3.63) is 23.8 Å². The minimum Gasteiger partial charge on any atom is -0.462 e. The maximum absolute atomic E-state index is 11.7. The summed E-state index contributed by atoms with van der Waals surface area (Å²) >= 11 is 0. The van der Waals surface area contributed by atoms with E-state index in [0.717, 1.165) is 20.8 Å². The number of carbonyl (C=O) groups excluding carboxylic acids is 3. The molecule has 28 heavy (non-hydrogen) atoms. The van der Waals surface area contributed by atoms with Gasteiger partial charge in [0, 0.05) is 39.7 Å². The van der Waals surface area contributed by atoms with Crippen LogP contribution in [0.2, 0.25) is 0 Å². The Labute approximate surface area is 165 Å². The maximum atomic E-state index is 11.7. The van der Waals surface area contributed by atoms with Gasteiger partial charge in [-0.25, -0.2) is 0 Å². The highest BCUT2D eigenvalue weighted by molar-refractivity contribution is 6.79. The fraction of sp³-hybridized carbons (Fsp3) is 0.526. The van der Waals surface area contributed by atoms with E-state index < -0.39 is 32.5 Å². The summed E-state index contributed by atoms with van der Waals surface area (Å²) in [5.74, 6) is -1.97. The number of benzene rings is 1. The molecule has 0 aromatic heterocycles. The highest BCUT2D eigenvalue weighted by Crippen LogP contribution is 2.34. The van der Waals surface area contributed by atoms with Gasteiger partial charge < -0.3 is 22.8 Å². The molecule has 0 amide bonds. The van der Waals surface area contributed by atoms with Crippen LogP contribution in [-0.4, -0.2) is 32.5 Å². The molecule has 2 rings (SSSR count). The first-order valence-electron chi connectivity index (χ1n) is 9.00. The van der Waals surface area contributed by atoms with Crippen LogP contribution in [0, 0.1) is 5.92 Å². The van der Waals surface area contributed by atoms with Crippen molar-refractivity contribution in [3.8, 4) is 5.75 Å². The molecule has 0 saturated carbocycles. The Bertz CT molecular complexity index is 734. The number of ether oxygens (including phenoxy) is 2. The zero-order valence-electron chi connectivity index (χ0n) is 17.0. The fourth-order valence-electron chi connectivity index (χ4n) is 3.12. The molecule has 1 aromatic carbocycles. The molecule has 0 fully saturated rings. The van der Waals surface area contributed by atoms with Crippen molar-refractivity contribution in [1.82, 2.24) is 0 Å². The highest BCUT2D eigenvalue weighted by atomic mass is 28.4. The van der Waals surface area contributed by atoms with Crippen molar-refractivity contribution in [3.63, 3.8) is 0 Å². The molecular weight excluding hydrogens is 384 g/mol. The third-order valence-electron chi connectivity index (χ3n) is 3.89. The van der Waals surface area contributed by atoms with Gasteiger partial charge in [-0.05, 0) is 24.1 Å². The molecule has 0 radical (unpaired) electrons. The molecule has 1 aliphatic rings. The number of rotatable bonds is 6. The summed E-state index contributed by atoms with van der Waals surface area (Å²) in [6, 6.07) is 4.86. The van der Waals surface area contributed by atoms with Crippen LogP contribution in [0.1, 0.15) is 53.5 Å². The molecule has 0 saturated heterocycles. The summed E-state index contributed by atoms with van der Waals surface area (Å²) in [6.07, 6.45) is 0.710. The van der Waals surface area contributed by atoms with Crippen LogP contribution in [0.5, 0.6) is 5.75 Å². The van der Waals surface area contributed by atoms with Gasteiger partial charge in [-0.1, -0.05) is 13.8 Å². The Morgan fingerprint density at radius 3 is 2.07 bits per heavy atom. The molecule has 0 aliphatic carbocycles. The Balaban J connectivity index is 2.44. The summed E-state index contributed by atoms with van der Waals surface area (Å²) in [5, 5.41) is 0.284. The van der Waals surface area contributed by atoms with Crippen LogP contribution in [0.15, 0.2) is 18.2 Å². The summed E-state index contributed by atoms with van der Waals surface area (Å²) in [6.45, 7) is 9.72. The molecule has 0 N–H and O–H groups in total. The van der Waals surface area contributed by atoms with Gasteiger partial charge in [0.2, 0.25) is 5.79 Å². The first kappa shape index (κ1) is 21.9. The van der Waals surface area contributed by atoms with Crippen molar-refractivity contribution >= 4 is 31.9 Å². The molecular formula is C19H26O8Si. The fourth-order valence-corrected chi connectivity index (χ4v) is 5.38. The van der Waals surface area contributed by atoms with Crippen LogP contribution >= 0.6 is 0 Å². The van der Waals surface area contributed by atoms with E-state index in [0.29, 0.717) is 23.7 Å². The van der Waals surface area contributed by atoms with Crippen molar-refractivity contribution in [2.75, 3.05) is 0 Å². The van der Waals surface area contributed by atoms with Gasteiger partial charge in [-0.2, -0.15) is 0 Å². The van der Waals surface area contributed by atoms with Crippen molar-refractivity contribution < 1.29 is 37.1 Å². The molecule has 1 aliphatic heterocycles. The molecule has 154 valence electrons. The van der Waals surface area contributed by atoms with Gasteiger partial charge in [0.05, 0.1) is 11.8 Å². The number of hydrogen-bond acceptors (Lipinski definition) is 8. The Morgan fingerprint density at radius 2 is 1.61 bits per heavy atom. The predicted octanol–water partition coefficient (Wildman–Crippen LogP) is 2.19. The second kappa shape index (κ2) is 8.32. The third-order valence-corrected chi connectivity index (χ3v) is 6.57. The van der Waals surface area contributed by atoms with Gasteiger partial charge in [-0.15, -0.1) is 0 Å². The van der Waals surface area contributed by atoms with E-state index in [1.807, 2.05) is 6.92 Å². The Kier molecular flexibility index (Phi) is 6.51. The van der Waals surface area contributed by atoms with Gasteiger partial charge >= 0.3 is 8.80 Å². The van der Waals surface area contributed by atoms with E-state index in [9.17, 15) is 14.4 Å². The van der Waals surface area contributed by atoms with E-state index in [4.69, 9.17) is 22.8 Å². The van der Waals surface area contributed by atoms with Crippen molar-refractivity contribution in [2.24, 2.45) is 5.92 Å². The molecule has 0 spiro atoms. The standard InChI is InChI=1S/C19H26O8Si/c1-12(2)10-19(6)23-11-16-9-17(7-8-18(16)24-19)28(25-13(3)20,26-14(4)21)27-15(5)22/h7-9,12H,10-11H2,1-6H3. The second-order valence-corrected chi connectivity index (χ2v) is 9.58. The quantitative estimate of drug-likeness (QED) is 0.659. The molecule has 0 bridgehead atoms. The third kappa shape index (κ3) is 5.32. The number of carbonyl (C=O) groups is 3. The molecule has 1 heterocycles. The first-order valence-corrected chi connectivity index (χ1v) is 10.7. The van der Waals surface area contributed by atoms with E-state index in [2.05, 4.69) is 13.8 Å². The minimum absolute atomic E-state index is 0.247. The molecule has 1 atom stereocenters. The van der Waals surface area contributed by atoms with E-state index in [1.165, 1.54) is 0 Å². The van der Waals surface area contributed by atoms with Crippen molar-refractivity contribution in [1.29, 1.82) is 0 Å². The lowest BCUT2D eigenvalue weighted by atomic mass is 10.0. The van der Waals surface area contributed by atoms with Crippen LogP contribution in [0.25, 0.3) is 0 Å². The normalized spacial score (nSPS) is 18.7. The van der Waals surface area contributed by atoms with E-state index in [-0.39, 0.29) is 11.8 Å². The number of fused-ring (bicyclic) bond motifs is 1. The number of hydrogen-bond donors (Lipinski definition) is 0. The van der Waals surface area contributed by atoms with Gasteiger partial charge in [0.25, 0.3) is 17.9 Å². The zero-order valence-corrected chi connectivity index (χ0v) is 18.0. The average Bonchev–Trinajstić information content (AvgIpc) is 2.51. The van der Waals surface area contributed by atoms with E-state index in [1.54, 1.807) is 18.2 Å². The topological polar surface area (TPSA) is 97.4 Å². The summed E-state index contributed by atoms with van der Waals surface area (Å²) in [5.41, 5.74) is 0.669. The molecule has 1 aromatic rings. The first-order chi connectivity index (χ1) is 12.9. The smallest absolute Gasteiger partial charge is 0.462 e. The largest absolute Gasteiger partial charge is 0.742 e. The maximum Gasteiger partial charge on any atom is 0.742 e. The van der Waals surface area contributed by atoms with Crippen LogP contribution < -0.4 is 9.92 Å². The monoisotopic (exact) mass is 410 g/mol. The second-order valence-electron chi connectivity index (χ2n) is 7.28. The lowest BCUT2D eigenvalue weighted by molar-refractivity contribution is -0.202. The zero-order chi connectivity index (χ0) is 21.1. The molecule has 9 heteroatoms. The highest BCUT2D eigenvalue weighted by Gasteiger charge is 2.55. The lowest BCUT2D eigenvalue weighted by Crippen LogP contribution is -2.59. The summed E-state index contributed by atoms with van der Waals surface area (Å²) in [7, 11) is -4.14. The molecule has 1 unspecified atom stereocenters. The van der Waals surface area contributed by atoms with Crippen molar-refractivity contribution in [2.45, 2.75) is 60.4 Å². The average molecular weight is 410 g/mol. The van der Waals surface area contributed by atoms with Gasteiger partial charge in [-0.3, -0.25) is 14.4 Å². The lowest BCUT2D eigenvalue weighted by Gasteiger charge is -2.37. The van der Waals surface area contributed by atoms with Crippen LogP contribution in [0.3, 0.4) is 0 Å². The molecule has 8 nitrogen and oxygen atoms in total. The van der Waals surface area contributed by atoms with E-state index >= 15 is 0 Å². The summed E-state index contributed by atoms with van der Waals surface area (Å²) < 4.78 is 27.7. The van der Waals surface area contributed by atoms with Gasteiger partial charge in [0.1, 0.15) is 5.75 Å². The predicted molar refractivity (Wildman–Crippen MR) is 100 cm³/mol. The summed E-state index contributed by atoms with van der Waals surface area (Å²) in [4.78, 5) is 35.0. The Morgan fingerprint density at radius 1 is 1.07 bits per heavy atom. The van der Waals surface area contributed by atoms with Crippen LogP contribution in [-0.2, 0) is 39.0 Å². The van der Waals surface area contributed by atoms with Gasteiger partial charge in [0.15, 0.2) is 0 Å². The minimum atomic E-state index is -4.14. The van der Waals surface area contributed by atoms with Crippen LogP contribution in [0.4, 0.5) is 0 Å². The SMILES string of the molecule is CC(=O)O[Si](OC(C)=O)(OC(C)=O)c1ccc2c(c1)COC(C)(CC(C)C)O2. The Hall–Kier alpha value is -2.39.